The highest BCUT2D eigenvalue weighted by atomic mass is 33.1. The molecule has 8 heavy (non-hydrogen) atoms. The van der Waals surface area contributed by atoms with Crippen LogP contribution in [0.15, 0.2) is 0 Å². The molecule has 0 saturated carbocycles. The van der Waals surface area contributed by atoms with Crippen LogP contribution in [0.4, 0.5) is 4.79 Å². The van der Waals surface area contributed by atoms with Crippen molar-refractivity contribution in [1.29, 1.82) is 0 Å². The van der Waals surface area contributed by atoms with Crippen molar-refractivity contribution in [3.05, 3.63) is 0 Å². The molecule has 0 fully saturated rings. The quantitative estimate of drug-likeness (QED) is 0.386. The molecule has 0 aromatic carbocycles. The molecule has 1 atom stereocenters. The number of amides is 1. The Hall–Kier alpha value is -0.0300. The van der Waals surface area contributed by atoms with Crippen molar-refractivity contribution in [2.75, 3.05) is 13.4 Å². The van der Waals surface area contributed by atoms with Crippen LogP contribution in [-0.4, -0.2) is 19.5 Å². The van der Waals surface area contributed by atoms with Crippen molar-refractivity contribution in [2.24, 2.45) is 0 Å². The smallest absolute Gasteiger partial charge is 0.416 e. The van der Waals surface area contributed by atoms with E-state index >= 15 is 0 Å². The third-order valence-corrected chi connectivity index (χ3v) is 1.24. The Labute approximate surface area is 56.1 Å². The van der Waals surface area contributed by atoms with E-state index in [1.54, 1.807) is 6.26 Å². The van der Waals surface area contributed by atoms with Crippen molar-refractivity contribution in [3.8, 4) is 0 Å². The van der Waals surface area contributed by atoms with E-state index in [0.29, 0.717) is 0 Å². The summed E-state index contributed by atoms with van der Waals surface area (Å²) in [6.07, 6.45) is 1.38. The lowest BCUT2D eigenvalue weighted by Crippen LogP contribution is -2.16. The summed E-state index contributed by atoms with van der Waals surface area (Å²) in [6, 6.07) is 0. The molecular formula is C3H9NO2S2. The first-order valence-corrected chi connectivity index (χ1v) is 4.88. The van der Waals surface area contributed by atoms with E-state index in [1.807, 2.05) is 0 Å². The molecule has 50 valence electrons. The van der Waals surface area contributed by atoms with Gasteiger partial charge in [-0.1, -0.05) is 0 Å². The predicted octanol–water partition coefficient (Wildman–Crippen LogP) is 0.733. The van der Waals surface area contributed by atoms with Crippen LogP contribution in [0.2, 0.25) is 0 Å². The van der Waals surface area contributed by atoms with Gasteiger partial charge >= 0.3 is 6.09 Å². The van der Waals surface area contributed by atoms with Crippen LogP contribution in [0.5, 0.6) is 0 Å². The molecule has 1 amide bonds. The van der Waals surface area contributed by atoms with Crippen molar-refractivity contribution in [3.63, 3.8) is 0 Å². The molecule has 3 nitrogen and oxygen atoms in total. The Balaban J connectivity index is 3.25. The molecule has 0 heterocycles. The van der Waals surface area contributed by atoms with E-state index in [0.717, 1.165) is 0 Å². The lowest BCUT2D eigenvalue weighted by Gasteiger charge is -2.07. The Bertz CT molecular complexity index is 85.4. The number of ether oxygens (including phenoxy) is 1. The fourth-order valence-corrected chi connectivity index (χ4v) is 0.778. The molecule has 0 aliphatic rings. The first-order valence-electron chi connectivity index (χ1n) is 1.94. The van der Waals surface area contributed by atoms with Gasteiger partial charge in [-0.05, 0) is 6.26 Å². The Morgan fingerprint density at radius 1 is 1.88 bits per heavy atom. The van der Waals surface area contributed by atoms with Crippen molar-refractivity contribution >= 4 is 27.9 Å². The number of thiol groups is 2. The molecule has 1 N–H and O–H groups in total. The lowest BCUT2D eigenvalue weighted by atomic mass is 11.2. The summed E-state index contributed by atoms with van der Waals surface area (Å²) < 4.78 is 6.74. The number of carbonyl (C=O) groups is 1. The van der Waals surface area contributed by atoms with E-state index < -0.39 is 16.2 Å². The standard InChI is InChI=1S/C3H9NO2S2/c1-6-3(5)4-8(2)7/h7-8H,1-2H3,(H,4,5). The van der Waals surface area contributed by atoms with Crippen LogP contribution in [0.25, 0.3) is 0 Å². The number of rotatable bonds is 1. The first-order chi connectivity index (χ1) is 3.66. The average Bonchev–Trinajstić information content (AvgIpc) is 1.65. The van der Waals surface area contributed by atoms with E-state index in [-0.39, 0.29) is 0 Å². The summed E-state index contributed by atoms with van der Waals surface area (Å²) in [6.45, 7) is 0. The van der Waals surface area contributed by atoms with Gasteiger partial charge in [-0.2, -0.15) is 0 Å². The third-order valence-electron chi connectivity index (χ3n) is 0.438. The summed E-state index contributed by atoms with van der Waals surface area (Å²) >= 11 is 3.94. The number of methoxy groups -OCH3 is 1. The Morgan fingerprint density at radius 3 is 2.50 bits per heavy atom. The van der Waals surface area contributed by atoms with E-state index in [9.17, 15) is 4.79 Å². The molecule has 0 bridgehead atoms. The van der Waals surface area contributed by atoms with Gasteiger partial charge in [0.15, 0.2) is 0 Å². The van der Waals surface area contributed by atoms with Crippen LogP contribution < -0.4 is 4.72 Å². The molecule has 0 aromatic rings. The lowest BCUT2D eigenvalue weighted by molar-refractivity contribution is 0.178. The zero-order valence-corrected chi connectivity index (χ0v) is 6.50. The molecular weight excluding hydrogens is 146 g/mol. The minimum atomic E-state index is -0.676. The molecule has 0 rings (SSSR count). The van der Waals surface area contributed by atoms with Crippen LogP contribution in [0, 0.1) is 0 Å². The molecule has 0 aromatic heterocycles. The maximum absolute atomic E-state index is 10.3. The molecule has 0 aliphatic heterocycles. The summed E-state index contributed by atoms with van der Waals surface area (Å²) in [5, 5.41) is 0. The van der Waals surface area contributed by atoms with Crippen molar-refractivity contribution < 1.29 is 9.53 Å². The van der Waals surface area contributed by atoms with Gasteiger partial charge in [-0.3, -0.25) is 4.72 Å². The van der Waals surface area contributed by atoms with Gasteiger partial charge in [0, 0.05) is 0 Å². The van der Waals surface area contributed by atoms with Gasteiger partial charge in [0.2, 0.25) is 0 Å². The number of nitrogens with one attached hydrogen (secondary N) is 1. The monoisotopic (exact) mass is 155 g/mol. The Morgan fingerprint density at radius 2 is 2.38 bits per heavy atom. The second kappa shape index (κ2) is 3.91. The topological polar surface area (TPSA) is 38.3 Å². The number of hydrogen-bond donors (Lipinski definition) is 3. The summed E-state index contributed by atoms with van der Waals surface area (Å²) in [7, 11) is 0.646. The third kappa shape index (κ3) is 4.14. The summed E-state index contributed by atoms with van der Waals surface area (Å²) in [5.41, 5.74) is 0. The first kappa shape index (κ1) is 7.97. The maximum atomic E-state index is 10.3. The van der Waals surface area contributed by atoms with Gasteiger partial charge in [-0.25, -0.2) is 4.79 Å². The van der Waals surface area contributed by atoms with Crippen LogP contribution in [-0.2, 0) is 4.74 Å². The average molecular weight is 155 g/mol. The zero-order valence-electron chi connectivity index (χ0n) is 4.71. The van der Waals surface area contributed by atoms with Crippen LogP contribution >= 0.6 is 21.8 Å². The SMILES string of the molecule is COC(=O)N[SH](C)S. The van der Waals surface area contributed by atoms with Crippen LogP contribution in [0.3, 0.4) is 0 Å². The zero-order chi connectivity index (χ0) is 6.57. The fraction of sp³-hybridized carbons (Fsp3) is 0.667. The highest BCUT2D eigenvalue weighted by molar-refractivity contribution is 8.77. The van der Waals surface area contributed by atoms with Crippen LogP contribution in [0.1, 0.15) is 0 Å². The van der Waals surface area contributed by atoms with Crippen molar-refractivity contribution in [1.82, 2.24) is 4.72 Å². The van der Waals surface area contributed by atoms with E-state index in [2.05, 4.69) is 21.1 Å². The summed E-state index contributed by atoms with van der Waals surface area (Å²) in [4.78, 5) is 10.3. The normalized spacial score (nSPS) is 14.6. The second-order valence-corrected chi connectivity index (χ2v) is 4.20. The van der Waals surface area contributed by atoms with E-state index in [1.165, 1.54) is 7.11 Å². The van der Waals surface area contributed by atoms with Gasteiger partial charge < -0.3 is 4.74 Å². The summed E-state index contributed by atoms with van der Waals surface area (Å²) in [5.74, 6) is 0. The highest BCUT2D eigenvalue weighted by Gasteiger charge is 1.95. The minimum absolute atomic E-state index is 0.423. The fourth-order valence-electron chi connectivity index (χ4n) is 0.178. The van der Waals surface area contributed by atoms with Gasteiger partial charge in [0.1, 0.15) is 0 Å². The highest BCUT2D eigenvalue weighted by Crippen LogP contribution is 2.17. The number of carbonyl (C=O) groups excluding carboxylic acids is 1. The number of hydrogen-bond acceptors (Lipinski definition) is 3. The Kier molecular flexibility index (Phi) is 3.90. The predicted molar refractivity (Wildman–Crippen MR) is 39.4 cm³/mol. The molecule has 0 saturated heterocycles. The maximum Gasteiger partial charge on any atom is 0.416 e. The van der Waals surface area contributed by atoms with Gasteiger partial charge in [0.05, 0.1) is 7.11 Å². The minimum Gasteiger partial charge on any atom is -0.452 e. The van der Waals surface area contributed by atoms with E-state index in [4.69, 9.17) is 0 Å². The molecule has 0 radical (unpaired) electrons. The second-order valence-electron chi connectivity index (χ2n) is 1.13. The molecule has 0 spiro atoms. The van der Waals surface area contributed by atoms with Gasteiger partial charge in [0.25, 0.3) is 0 Å². The van der Waals surface area contributed by atoms with Gasteiger partial charge in [-0.15, -0.1) is 21.8 Å². The molecule has 5 heteroatoms. The molecule has 1 unspecified atom stereocenters. The molecule has 0 aliphatic carbocycles. The van der Waals surface area contributed by atoms with Crippen molar-refractivity contribution in [2.45, 2.75) is 0 Å². The largest absolute Gasteiger partial charge is 0.452 e.